The van der Waals surface area contributed by atoms with E-state index in [1.165, 1.54) is 0 Å². The van der Waals surface area contributed by atoms with E-state index >= 15 is 0 Å². The van der Waals surface area contributed by atoms with Crippen molar-refractivity contribution >= 4 is 9.84 Å². The van der Waals surface area contributed by atoms with E-state index < -0.39 is 0 Å². The largest absolute Gasteiger partial charge is 0.308 e. The molecule has 2 radical (unpaired) electrons. The van der Waals surface area contributed by atoms with Gasteiger partial charge in [0, 0.05) is 0 Å². The van der Waals surface area contributed by atoms with Crippen molar-refractivity contribution in [2.75, 3.05) is 0 Å². The molecule has 0 atom stereocenters. The summed E-state index contributed by atoms with van der Waals surface area (Å²) >= 11 is 0. The molecule has 0 aromatic carbocycles. The van der Waals surface area contributed by atoms with Gasteiger partial charge in [0.05, 0.1) is 0 Å². The fourth-order valence-electron chi connectivity index (χ4n) is 1.79. The van der Waals surface area contributed by atoms with Crippen LogP contribution in [0.1, 0.15) is 55.4 Å². The van der Waals surface area contributed by atoms with Crippen LogP contribution < -0.4 is 0 Å². The van der Waals surface area contributed by atoms with E-state index in [1.807, 2.05) is 0 Å². The van der Waals surface area contributed by atoms with Gasteiger partial charge in [0.15, 0.2) is 0 Å². The average Bonchev–Trinajstić information content (AvgIpc) is 2.01. The van der Waals surface area contributed by atoms with Crippen LogP contribution in [0.15, 0.2) is 0 Å². The zero-order valence-corrected chi connectivity index (χ0v) is 12.7. The Morgan fingerprint density at radius 2 is 0.733 bits per heavy atom. The van der Waals surface area contributed by atoms with Crippen LogP contribution in [0.2, 0.25) is 0 Å². The molecular formula is C12H28N2Si. The van der Waals surface area contributed by atoms with Gasteiger partial charge >= 0.3 is 0 Å². The minimum absolute atomic E-state index is 0.628. The number of rotatable bonds is 6. The third-order valence-corrected chi connectivity index (χ3v) is 4.98. The van der Waals surface area contributed by atoms with Gasteiger partial charge < -0.3 is 9.13 Å². The van der Waals surface area contributed by atoms with Gasteiger partial charge in [-0.2, -0.15) is 0 Å². The highest BCUT2D eigenvalue weighted by atomic mass is 28.2. The highest BCUT2D eigenvalue weighted by Crippen LogP contribution is 2.09. The van der Waals surface area contributed by atoms with Gasteiger partial charge in [-0.15, -0.1) is 0 Å². The lowest BCUT2D eigenvalue weighted by Crippen LogP contribution is -2.52. The summed E-state index contributed by atoms with van der Waals surface area (Å²) < 4.78 is 5.14. The Kier molecular flexibility index (Phi) is 6.72. The molecule has 0 aliphatic carbocycles. The van der Waals surface area contributed by atoms with Gasteiger partial charge in [-0.25, -0.2) is 0 Å². The highest BCUT2D eigenvalue weighted by molar-refractivity contribution is 6.28. The molecule has 0 aromatic heterocycles. The first-order valence-corrected chi connectivity index (χ1v) is 6.99. The van der Waals surface area contributed by atoms with Crippen molar-refractivity contribution in [1.82, 2.24) is 9.13 Å². The summed E-state index contributed by atoms with van der Waals surface area (Å²) in [4.78, 5) is 0. The molecule has 90 valence electrons. The SMILES string of the molecule is CC(C)N([Si]N(C(C)C)C(C)C)C(C)C. The van der Waals surface area contributed by atoms with Crippen LogP contribution in [0.3, 0.4) is 0 Å². The van der Waals surface area contributed by atoms with Crippen molar-refractivity contribution in [3.05, 3.63) is 0 Å². The van der Waals surface area contributed by atoms with Crippen LogP contribution in [-0.2, 0) is 0 Å². The number of nitrogens with zero attached hydrogens (tertiary/aromatic N) is 2. The molecule has 0 spiro atoms. The molecular weight excluding hydrogens is 200 g/mol. The molecule has 0 saturated heterocycles. The van der Waals surface area contributed by atoms with Gasteiger partial charge in [-0.1, -0.05) is 55.4 Å². The maximum absolute atomic E-state index is 2.57. The molecule has 0 bridgehead atoms. The van der Waals surface area contributed by atoms with Crippen LogP contribution in [0.4, 0.5) is 0 Å². The molecule has 0 saturated carbocycles. The summed E-state index contributed by atoms with van der Waals surface area (Å²) in [5.74, 6) is 0. The Labute approximate surface area is 99.0 Å². The normalized spacial score (nSPS) is 13.2. The van der Waals surface area contributed by atoms with Crippen LogP contribution in [-0.4, -0.2) is 43.1 Å². The summed E-state index contributed by atoms with van der Waals surface area (Å²) in [5.41, 5.74) is 0. The average molecular weight is 228 g/mol. The Morgan fingerprint density at radius 1 is 0.533 bits per heavy atom. The third-order valence-electron chi connectivity index (χ3n) is 2.46. The Balaban J connectivity index is 4.48. The predicted molar refractivity (Wildman–Crippen MR) is 70.0 cm³/mol. The van der Waals surface area contributed by atoms with Gasteiger partial charge in [-0.05, 0) is 24.2 Å². The first-order chi connectivity index (χ1) is 6.77. The van der Waals surface area contributed by atoms with Gasteiger partial charge in [0.2, 0.25) is 0 Å². The van der Waals surface area contributed by atoms with Crippen molar-refractivity contribution in [2.24, 2.45) is 0 Å². The van der Waals surface area contributed by atoms with Crippen molar-refractivity contribution in [3.63, 3.8) is 0 Å². The van der Waals surface area contributed by atoms with Crippen molar-refractivity contribution in [1.29, 1.82) is 0 Å². The molecule has 0 heterocycles. The molecule has 0 N–H and O–H groups in total. The zero-order chi connectivity index (χ0) is 12.2. The maximum atomic E-state index is 2.57. The lowest BCUT2D eigenvalue weighted by molar-refractivity contribution is 0.238. The molecule has 3 heteroatoms. The minimum atomic E-state index is 0.628. The minimum Gasteiger partial charge on any atom is -0.308 e. The van der Waals surface area contributed by atoms with Crippen molar-refractivity contribution < 1.29 is 0 Å². The first-order valence-electron chi connectivity index (χ1n) is 6.10. The maximum Gasteiger partial charge on any atom is 0.252 e. The third kappa shape index (κ3) is 5.14. The molecule has 0 aliphatic heterocycles. The fourth-order valence-corrected chi connectivity index (χ4v) is 2.98. The Hall–Kier alpha value is 0.137. The molecule has 0 rings (SSSR count). The molecule has 0 amide bonds. The quantitative estimate of drug-likeness (QED) is 0.645. The fraction of sp³-hybridized carbons (Fsp3) is 1.00. The lowest BCUT2D eigenvalue weighted by Gasteiger charge is -2.38. The second kappa shape index (κ2) is 6.66. The van der Waals surface area contributed by atoms with Gasteiger partial charge in [-0.3, -0.25) is 0 Å². The van der Waals surface area contributed by atoms with Crippen LogP contribution >= 0.6 is 0 Å². The first kappa shape index (κ1) is 15.1. The zero-order valence-electron chi connectivity index (χ0n) is 11.7. The van der Waals surface area contributed by atoms with E-state index in [9.17, 15) is 0 Å². The predicted octanol–water partition coefficient (Wildman–Crippen LogP) is 2.76. The second-order valence-electron chi connectivity index (χ2n) is 5.29. The molecule has 0 fully saturated rings. The van der Waals surface area contributed by atoms with E-state index in [2.05, 4.69) is 64.5 Å². The summed E-state index contributed by atoms with van der Waals surface area (Å²) in [7, 11) is 0.802. The smallest absolute Gasteiger partial charge is 0.252 e. The van der Waals surface area contributed by atoms with E-state index in [0.29, 0.717) is 24.2 Å². The van der Waals surface area contributed by atoms with Crippen molar-refractivity contribution in [3.8, 4) is 0 Å². The molecule has 0 aliphatic rings. The summed E-state index contributed by atoms with van der Waals surface area (Å²) in [6, 6.07) is 2.51. The second-order valence-corrected chi connectivity index (χ2v) is 6.52. The topological polar surface area (TPSA) is 6.48 Å². The van der Waals surface area contributed by atoms with E-state index in [1.54, 1.807) is 0 Å². The van der Waals surface area contributed by atoms with E-state index in [4.69, 9.17) is 0 Å². The van der Waals surface area contributed by atoms with Crippen LogP contribution in [0, 0.1) is 0 Å². The van der Waals surface area contributed by atoms with E-state index in [0.717, 1.165) is 9.84 Å². The van der Waals surface area contributed by atoms with Crippen LogP contribution in [0.25, 0.3) is 0 Å². The number of hydrogen-bond donors (Lipinski definition) is 0. The van der Waals surface area contributed by atoms with Gasteiger partial charge in [0.25, 0.3) is 9.84 Å². The molecule has 0 unspecified atom stereocenters. The van der Waals surface area contributed by atoms with Crippen molar-refractivity contribution in [2.45, 2.75) is 79.6 Å². The lowest BCUT2D eigenvalue weighted by atomic mass is 10.3. The summed E-state index contributed by atoms with van der Waals surface area (Å²) in [6.07, 6.45) is 0. The monoisotopic (exact) mass is 228 g/mol. The highest BCUT2D eigenvalue weighted by Gasteiger charge is 2.22. The molecule has 0 aromatic rings. The Morgan fingerprint density at radius 3 is 0.867 bits per heavy atom. The van der Waals surface area contributed by atoms with Crippen LogP contribution in [0.5, 0.6) is 0 Å². The molecule has 2 nitrogen and oxygen atoms in total. The van der Waals surface area contributed by atoms with Gasteiger partial charge in [0.1, 0.15) is 0 Å². The number of hydrogen-bond acceptors (Lipinski definition) is 2. The Bertz CT molecular complexity index is 133. The van der Waals surface area contributed by atoms with E-state index in [-0.39, 0.29) is 0 Å². The molecule has 15 heavy (non-hydrogen) atoms. The summed E-state index contributed by atoms with van der Waals surface area (Å²) in [5, 5.41) is 0. The summed E-state index contributed by atoms with van der Waals surface area (Å²) in [6.45, 7) is 18.3. The standard InChI is InChI=1S/C12H28N2Si/c1-9(2)13(10(3)4)15-14(11(5)6)12(7)8/h9-12H,1-8H3.